The van der Waals surface area contributed by atoms with Gasteiger partial charge in [0.25, 0.3) is 0 Å². The molecule has 88 valence electrons. The molecule has 3 heteroatoms. The van der Waals surface area contributed by atoms with Crippen molar-refractivity contribution in [1.82, 2.24) is 4.90 Å². The summed E-state index contributed by atoms with van der Waals surface area (Å²) < 4.78 is 5.55. The summed E-state index contributed by atoms with van der Waals surface area (Å²) in [7, 11) is 0. The molecule has 0 amide bonds. The molecule has 0 radical (unpaired) electrons. The van der Waals surface area contributed by atoms with E-state index in [1.165, 1.54) is 5.56 Å². The largest absolute Gasteiger partial charge is 0.378 e. The summed E-state index contributed by atoms with van der Waals surface area (Å²) in [5.74, 6) is 0. The molecule has 1 heterocycles. The third kappa shape index (κ3) is 3.04. The highest BCUT2D eigenvalue weighted by molar-refractivity contribution is 5.16. The zero-order valence-corrected chi connectivity index (χ0v) is 9.64. The molecule has 1 aliphatic rings. The van der Waals surface area contributed by atoms with Crippen molar-refractivity contribution in [3.8, 4) is 0 Å². The molecular weight excluding hydrogens is 200 g/mol. The average Bonchev–Trinajstić information content (AvgIpc) is 2.33. The van der Waals surface area contributed by atoms with Crippen molar-refractivity contribution in [2.24, 2.45) is 5.73 Å². The molecule has 1 aromatic rings. The minimum Gasteiger partial charge on any atom is -0.378 e. The van der Waals surface area contributed by atoms with E-state index in [-0.39, 0.29) is 0 Å². The van der Waals surface area contributed by atoms with Crippen LogP contribution in [-0.4, -0.2) is 43.8 Å². The van der Waals surface area contributed by atoms with Crippen LogP contribution in [0.1, 0.15) is 5.56 Å². The van der Waals surface area contributed by atoms with Gasteiger partial charge in [-0.05, 0) is 12.0 Å². The fourth-order valence-corrected chi connectivity index (χ4v) is 2.22. The molecule has 1 aliphatic heterocycles. The Balaban J connectivity index is 1.96. The van der Waals surface area contributed by atoms with Crippen molar-refractivity contribution in [3.05, 3.63) is 35.9 Å². The van der Waals surface area contributed by atoms with E-state index in [2.05, 4.69) is 35.2 Å². The second kappa shape index (κ2) is 5.99. The summed E-state index contributed by atoms with van der Waals surface area (Å²) in [5, 5.41) is 0. The summed E-state index contributed by atoms with van der Waals surface area (Å²) >= 11 is 0. The number of benzene rings is 1. The Morgan fingerprint density at radius 3 is 2.88 bits per heavy atom. The normalized spacial score (nSPS) is 22.2. The molecular formula is C13H20N2O. The fraction of sp³-hybridized carbons (Fsp3) is 0.538. The minimum atomic E-state index is 0.486. The number of morpholine rings is 1. The number of nitrogens with two attached hydrogens (primary N) is 1. The number of hydrogen-bond acceptors (Lipinski definition) is 3. The highest BCUT2D eigenvalue weighted by Gasteiger charge is 2.22. The van der Waals surface area contributed by atoms with Gasteiger partial charge >= 0.3 is 0 Å². The maximum atomic E-state index is 5.63. The third-order valence-electron chi connectivity index (χ3n) is 3.08. The predicted octanol–water partition coefficient (Wildman–Crippen LogP) is 0.889. The smallest absolute Gasteiger partial charge is 0.0625 e. The molecule has 1 aromatic carbocycles. The monoisotopic (exact) mass is 220 g/mol. The van der Waals surface area contributed by atoms with Crippen LogP contribution < -0.4 is 5.73 Å². The van der Waals surface area contributed by atoms with Crippen LogP contribution in [0.25, 0.3) is 0 Å². The van der Waals surface area contributed by atoms with Gasteiger partial charge in [-0.3, -0.25) is 4.90 Å². The van der Waals surface area contributed by atoms with E-state index in [1.807, 2.05) is 0 Å². The first-order valence-electron chi connectivity index (χ1n) is 5.96. The first kappa shape index (κ1) is 11.6. The highest BCUT2D eigenvalue weighted by Crippen LogP contribution is 2.12. The van der Waals surface area contributed by atoms with E-state index in [9.17, 15) is 0 Å². The average molecular weight is 220 g/mol. The van der Waals surface area contributed by atoms with Crippen molar-refractivity contribution in [3.63, 3.8) is 0 Å². The molecule has 1 saturated heterocycles. The fourth-order valence-electron chi connectivity index (χ4n) is 2.22. The molecule has 0 saturated carbocycles. The summed E-state index contributed by atoms with van der Waals surface area (Å²) in [6.45, 7) is 4.38. The summed E-state index contributed by atoms with van der Waals surface area (Å²) in [6, 6.07) is 11.1. The molecule has 2 N–H and O–H groups in total. The van der Waals surface area contributed by atoms with Crippen molar-refractivity contribution >= 4 is 0 Å². The number of nitrogens with zero attached hydrogens (tertiary/aromatic N) is 1. The molecule has 0 spiro atoms. The van der Waals surface area contributed by atoms with Crippen LogP contribution in [0.2, 0.25) is 0 Å². The molecule has 1 fully saturated rings. The zero-order chi connectivity index (χ0) is 11.2. The van der Waals surface area contributed by atoms with E-state index in [0.29, 0.717) is 6.04 Å². The Hall–Kier alpha value is -0.900. The molecule has 0 aromatic heterocycles. The van der Waals surface area contributed by atoms with Crippen LogP contribution in [0.5, 0.6) is 0 Å². The van der Waals surface area contributed by atoms with Crippen LogP contribution in [0, 0.1) is 0 Å². The Morgan fingerprint density at radius 1 is 1.31 bits per heavy atom. The Morgan fingerprint density at radius 2 is 2.12 bits per heavy atom. The standard InChI is InChI=1S/C13H20N2O/c14-6-7-15-8-9-16-11-13(15)10-12-4-2-1-3-5-12/h1-5,13H,6-11,14H2. The third-order valence-corrected chi connectivity index (χ3v) is 3.08. The molecule has 2 rings (SSSR count). The van der Waals surface area contributed by atoms with Crippen LogP contribution >= 0.6 is 0 Å². The first-order chi connectivity index (χ1) is 7.90. The van der Waals surface area contributed by atoms with Gasteiger partial charge in [0, 0.05) is 25.7 Å². The predicted molar refractivity (Wildman–Crippen MR) is 65.4 cm³/mol. The summed E-state index contributed by atoms with van der Waals surface area (Å²) in [4.78, 5) is 2.44. The van der Waals surface area contributed by atoms with Crippen molar-refractivity contribution in [1.29, 1.82) is 0 Å². The van der Waals surface area contributed by atoms with Gasteiger partial charge < -0.3 is 10.5 Å². The Labute approximate surface area is 97.2 Å². The van der Waals surface area contributed by atoms with Gasteiger partial charge in [0.05, 0.1) is 13.2 Å². The molecule has 16 heavy (non-hydrogen) atoms. The molecule has 1 atom stereocenters. The van der Waals surface area contributed by atoms with Crippen molar-refractivity contribution < 1.29 is 4.74 Å². The maximum absolute atomic E-state index is 5.63. The topological polar surface area (TPSA) is 38.5 Å². The van der Waals surface area contributed by atoms with Crippen LogP contribution in [0.15, 0.2) is 30.3 Å². The lowest BCUT2D eigenvalue weighted by Gasteiger charge is -2.35. The summed E-state index contributed by atoms with van der Waals surface area (Å²) in [5.41, 5.74) is 7.01. The van der Waals surface area contributed by atoms with Gasteiger partial charge in [-0.1, -0.05) is 30.3 Å². The lowest BCUT2D eigenvalue weighted by atomic mass is 10.0. The maximum Gasteiger partial charge on any atom is 0.0625 e. The molecule has 0 aliphatic carbocycles. The van der Waals surface area contributed by atoms with E-state index in [0.717, 1.165) is 39.3 Å². The SMILES string of the molecule is NCCN1CCOCC1Cc1ccccc1. The highest BCUT2D eigenvalue weighted by atomic mass is 16.5. The van der Waals surface area contributed by atoms with Gasteiger partial charge in [0.2, 0.25) is 0 Å². The van der Waals surface area contributed by atoms with Crippen molar-refractivity contribution in [2.75, 3.05) is 32.8 Å². The Kier molecular flexibility index (Phi) is 4.34. The quantitative estimate of drug-likeness (QED) is 0.819. The minimum absolute atomic E-state index is 0.486. The van der Waals surface area contributed by atoms with Gasteiger partial charge in [0.15, 0.2) is 0 Å². The van der Waals surface area contributed by atoms with Crippen LogP contribution in [0.4, 0.5) is 0 Å². The van der Waals surface area contributed by atoms with Gasteiger partial charge in [-0.2, -0.15) is 0 Å². The second-order valence-electron chi connectivity index (χ2n) is 4.24. The van der Waals surface area contributed by atoms with E-state index < -0.39 is 0 Å². The van der Waals surface area contributed by atoms with Gasteiger partial charge in [0.1, 0.15) is 0 Å². The number of hydrogen-bond donors (Lipinski definition) is 1. The zero-order valence-electron chi connectivity index (χ0n) is 9.64. The Bertz CT molecular complexity index is 300. The molecule has 1 unspecified atom stereocenters. The number of ether oxygens (including phenoxy) is 1. The number of rotatable bonds is 4. The lowest BCUT2D eigenvalue weighted by molar-refractivity contribution is -0.00546. The van der Waals surface area contributed by atoms with E-state index in [1.54, 1.807) is 0 Å². The molecule has 3 nitrogen and oxygen atoms in total. The summed E-state index contributed by atoms with van der Waals surface area (Å²) in [6.07, 6.45) is 1.06. The van der Waals surface area contributed by atoms with E-state index in [4.69, 9.17) is 10.5 Å². The van der Waals surface area contributed by atoms with Gasteiger partial charge in [-0.15, -0.1) is 0 Å². The van der Waals surface area contributed by atoms with E-state index >= 15 is 0 Å². The van der Waals surface area contributed by atoms with Gasteiger partial charge in [-0.25, -0.2) is 0 Å². The second-order valence-corrected chi connectivity index (χ2v) is 4.24. The van der Waals surface area contributed by atoms with Crippen molar-refractivity contribution in [2.45, 2.75) is 12.5 Å². The first-order valence-corrected chi connectivity index (χ1v) is 5.96. The molecule has 0 bridgehead atoms. The van der Waals surface area contributed by atoms with Crippen LogP contribution in [-0.2, 0) is 11.2 Å². The van der Waals surface area contributed by atoms with Crippen LogP contribution in [0.3, 0.4) is 0 Å². The lowest BCUT2D eigenvalue weighted by Crippen LogP contribution is -2.48.